The molecular weight excluding hydrogens is 428 g/mol. The van der Waals surface area contributed by atoms with E-state index in [1.54, 1.807) is 23.6 Å². The van der Waals surface area contributed by atoms with Crippen molar-refractivity contribution in [3.05, 3.63) is 71.9 Å². The van der Waals surface area contributed by atoms with Gasteiger partial charge in [0.05, 0.1) is 12.2 Å². The van der Waals surface area contributed by atoms with Crippen molar-refractivity contribution in [3.63, 3.8) is 0 Å². The molecule has 2 heterocycles. The third-order valence-electron chi connectivity index (χ3n) is 6.34. The predicted molar refractivity (Wildman–Crippen MR) is 133 cm³/mol. The van der Waals surface area contributed by atoms with Gasteiger partial charge >= 0.3 is 0 Å². The minimum Gasteiger partial charge on any atom is -0.385 e. The summed E-state index contributed by atoms with van der Waals surface area (Å²) >= 11 is 0. The van der Waals surface area contributed by atoms with Gasteiger partial charge in [-0.1, -0.05) is 56.3 Å². The number of carbonyl (C=O) groups excluding carboxylic acids is 2. The summed E-state index contributed by atoms with van der Waals surface area (Å²) in [4.78, 5) is 28.9. The molecule has 2 aromatic carbocycles. The minimum absolute atomic E-state index is 0.215. The van der Waals surface area contributed by atoms with Crippen molar-refractivity contribution in [3.8, 4) is 11.3 Å². The number of methoxy groups -OCH3 is 1. The van der Waals surface area contributed by atoms with Gasteiger partial charge in [0.2, 0.25) is 5.91 Å². The van der Waals surface area contributed by atoms with E-state index in [0.717, 1.165) is 5.56 Å². The lowest BCUT2D eigenvalue weighted by Crippen LogP contribution is -2.64. The first kappa shape index (κ1) is 23.7. The van der Waals surface area contributed by atoms with Gasteiger partial charge in [-0.2, -0.15) is 5.10 Å². The molecule has 0 spiro atoms. The van der Waals surface area contributed by atoms with Crippen LogP contribution in [0, 0.1) is 0 Å². The number of benzene rings is 2. The van der Waals surface area contributed by atoms with Crippen LogP contribution in [-0.2, 0) is 16.1 Å². The van der Waals surface area contributed by atoms with Gasteiger partial charge in [0, 0.05) is 31.5 Å². The molecule has 34 heavy (non-hydrogen) atoms. The molecule has 0 bridgehead atoms. The van der Waals surface area contributed by atoms with E-state index < -0.39 is 5.54 Å². The molecule has 1 aromatic heterocycles. The zero-order valence-corrected chi connectivity index (χ0v) is 20.2. The average molecular weight is 461 g/mol. The number of carbonyl (C=O) groups is 2. The van der Waals surface area contributed by atoms with Crippen LogP contribution >= 0.6 is 0 Å². The lowest BCUT2D eigenvalue weighted by Gasteiger charge is -2.43. The fraction of sp³-hybridized carbons (Fsp3) is 0.370. The van der Waals surface area contributed by atoms with Gasteiger partial charge in [0.15, 0.2) is 0 Å². The van der Waals surface area contributed by atoms with Gasteiger partial charge in [-0.05, 0) is 43.0 Å². The topological polar surface area (TPSA) is 76.5 Å². The zero-order valence-electron chi connectivity index (χ0n) is 20.2. The third kappa shape index (κ3) is 4.48. The van der Waals surface area contributed by atoms with Gasteiger partial charge in [-0.15, -0.1) is 0 Å². The van der Waals surface area contributed by atoms with E-state index in [9.17, 15) is 9.59 Å². The summed E-state index contributed by atoms with van der Waals surface area (Å²) < 4.78 is 6.76. The van der Waals surface area contributed by atoms with E-state index in [1.807, 2.05) is 60.7 Å². The molecule has 0 radical (unpaired) electrons. The highest BCUT2D eigenvalue weighted by molar-refractivity contribution is 6.12. The Balaban J connectivity index is 1.74. The molecule has 0 fully saturated rings. The van der Waals surface area contributed by atoms with Crippen molar-refractivity contribution in [1.29, 1.82) is 0 Å². The van der Waals surface area contributed by atoms with E-state index in [0.29, 0.717) is 42.6 Å². The van der Waals surface area contributed by atoms with E-state index in [4.69, 9.17) is 9.84 Å². The highest BCUT2D eigenvalue weighted by Gasteiger charge is 2.48. The summed E-state index contributed by atoms with van der Waals surface area (Å²) in [6, 6.07) is 19.4. The number of ether oxygens (including phenoxy) is 1. The number of nitrogens with one attached hydrogen (secondary N) is 1. The summed E-state index contributed by atoms with van der Waals surface area (Å²) in [7, 11) is 1.63. The number of hydrogen-bond donors (Lipinski definition) is 1. The quantitative estimate of drug-likeness (QED) is 0.510. The van der Waals surface area contributed by atoms with Crippen LogP contribution in [0.25, 0.3) is 11.3 Å². The molecule has 7 heteroatoms. The Morgan fingerprint density at radius 1 is 1.15 bits per heavy atom. The monoisotopic (exact) mass is 460 g/mol. The van der Waals surface area contributed by atoms with Crippen molar-refractivity contribution in [2.75, 3.05) is 25.2 Å². The van der Waals surface area contributed by atoms with Crippen LogP contribution in [0.3, 0.4) is 0 Å². The van der Waals surface area contributed by atoms with Crippen LogP contribution in [0.5, 0.6) is 0 Å². The summed E-state index contributed by atoms with van der Waals surface area (Å²) in [5.74, 6) is -0.0866. The predicted octanol–water partition coefficient (Wildman–Crippen LogP) is 4.25. The summed E-state index contributed by atoms with van der Waals surface area (Å²) in [5, 5.41) is 7.69. The van der Waals surface area contributed by atoms with Gasteiger partial charge < -0.3 is 10.1 Å². The number of rotatable bonds is 8. The van der Waals surface area contributed by atoms with Crippen LogP contribution in [0.4, 0.5) is 5.69 Å². The summed E-state index contributed by atoms with van der Waals surface area (Å²) in [6.45, 7) is 7.34. The van der Waals surface area contributed by atoms with Crippen molar-refractivity contribution >= 4 is 17.5 Å². The first-order valence-electron chi connectivity index (χ1n) is 11.7. The Morgan fingerprint density at radius 3 is 2.50 bits per heavy atom. The molecule has 2 amide bonds. The van der Waals surface area contributed by atoms with Crippen molar-refractivity contribution in [1.82, 2.24) is 15.1 Å². The fourth-order valence-electron chi connectivity index (χ4n) is 4.35. The molecule has 178 valence electrons. The molecule has 1 aliphatic heterocycles. The summed E-state index contributed by atoms with van der Waals surface area (Å²) in [6.07, 6.45) is 0.695. The highest BCUT2D eigenvalue weighted by atomic mass is 16.5. The molecule has 1 N–H and O–H groups in total. The summed E-state index contributed by atoms with van der Waals surface area (Å²) in [5.41, 5.74) is 2.83. The Hall–Kier alpha value is -3.45. The van der Waals surface area contributed by atoms with Gasteiger partial charge in [0.25, 0.3) is 5.91 Å². The van der Waals surface area contributed by atoms with E-state index in [1.165, 1.54) is 5.56 Å². The molecule has 1 atom stereocenters. The number of anilines is 1. The number of amides is 2. The molecule has 0 aliphatic carbocycles. The number of nitrogens with zero attached hydrogens (tertiary/aromatic N) is 3. The second-order valence-electron chi connectivity index (χ2n) is 9.20. The van der Waals surface area contributed by atoms with Crippen LogP contribution in [0.2, 0.25) is 0 Å². The molecule has 1 aliphatic rings. The van der Waals surface area contributed by atoms with E-state index in [-0.39, 0.29) is 18.4 Å². The number of fused-ring (bicyclic) bond motifs is 1. The highest BCUT2D eigenvalue weighted by Crippen LogP contribution is 2.34. The normalized spacial score (nSPS) is 17.7. The largest absolute Gasteiger partial charge is 0.385 e. The smallest absolute Gasteiger partial charge is 0.277 e. The van der Waals surface area contributed by atoms with Crippen LogP contribution in [0.1, 0.15) is 49.2 Å². The second-order valence-corrected chi connectivity index (χ2v) is 9.20. The second kappa shape index (κ2) is 9.81. The van der Waals surface area contributed by atoms with Gasteiger partial charge in [-0.3, -0.25) is 19.2 Å². The average Bonchev–Trinajstić information content (AvgIpc) is 3.26. The Labute approximate surface area is 200 Å². The van der Waals surface area contributed by atoms with Crippen LogP contribution < -0.4 is 10.2 Å². The van der Waals surface area contributed by atoms with E-state index in [2.05, 4.69) is 19.2 Å². The zero-order chi connectivity index (χ0) is 24.3. The molecule has 4 rings (SSSR count). The lowest BCUT2D eigenvalue weighted by molar-refractivity contribution is -0.126. The Morgan fingerprint density at radius 2 is 1.85 bits per heavy atom. The molecular formula is C27H32N4O3. The first-order chi connectivity index (χ1) is 16.3. The maximum Gasteiger partial charge on any atom is 0.277 e. The standard InChI is InChI=1S/C27H32N4O3/c1-19(2)20-11-13-22(14-12-20)31-25(32)24-17-23(21-9-6-5-7-10-21)29-30(24)18-27(31,3)26(33)28-15-8-16-34-4/h5-7,9-14,17,19H,8,15-16,18H2,1-4H3,(H,28,33)/t27-/m0/s1. The molecule has 0 saturated heterocycles. The van der Waals surface area contributed by atoms with E-state index >= 15 is 0 Å². The minimum atomic E-state index is -1.14. The first-order valence-corrected chi connectivity index (χ1v) is 11.7. The molecule has 0 saturated carbocycles. The number of hydrogen-bond acceptors (Lipinski definition) is 4. The molecule has 3 aromatic rings. The van der Waals surface area contributed by atoms with Crippen molar-refractivity contribution < 1.29 is 14.3 Å². The SMILES string of the molecule is COCCCNC(=O)[C@]1(C)Cn2nc(-c3ccccc3)cc2C(=O)N1c1ccc(C(C)C)cc1. The Kier molecular flexibility index (Phi) is 6.84. The van der Waals surface area contributed by atoms with Gasteiger partial charge in [-0.25, -0.2) is 0 Å². The lowest BCUT2D eigenvalue weighted by atomic mass is 9.93. The maximum absolute atomic E-state index is 13.8. The Bertz CT molecular complexity index is 1150. The van der Waals surface area contributed by atoms with Crippen molar-refractivity contribution in [2.45, 2.75) is 45.2 Å². The molecule has 0 unspecified atom stereocenters. The van der Waals surface area contributed by atoms with Crippen molar-refractivity contribution in [2.24, 2.45) is 0 Å². The third-order valence-corrected chi connectivity index (χ3v) is 6.34. The number of aromatic nitrogens is 2. The maximum atomic E-state index is 13.8. The molecule has 7 nitrogen and oxygen atoms in total. The van der Waals surface area contributed by atoms with Crippen LogP contribution in [-0.4, -0.2) is 47.4 Å². The van der Waals surface area contributed by atoms with Crippen LogP contribution in [0.15, 0.2) is 60.7 Å². The van der Waals surface area contributed by atoms with Gasteiger partial charge in [0.1, 0.15) is 11.2 Å². The fourth-order valence-corrected chi connectivity index (χ4v) is 4.35.